The van der Waals surface area contributed by atoms with Gasteiger partial charge in [0.05, 0.1) is 6.07 Å². The molecule has 0 N–H and O–H groups in total. The number of hydrogen-bond acceptors (Lipinski definition) is 2. The van der Waals surface area contributed by atoms with E-state index in [9.17, 15) is 4.79 Å². The van der Waals surface area contributed by atoms with Gasteiger partial charge in [-0.1, -0.05) is 38.1 Å². The molecule has 0 atom stereocenters. The van der Waals surface area contributed by atoms with Gasteiger partial charge in [0.15, 0.2) is 5.78 Å². The molecule has 0 radical (unpaired) electrons. The van der Waals surface area contributed by atoms with Crippen molar-refractivity contribution in [1.29, 1.82) is 5.26 Å². The van der Waals surface area contributed by atoms with E-state index in [4.69, 9.17) is 5.26 Å². The van der Waals surface area contributed by atoms with Crippen LogP contribution in [0.15, 0.2) is 24.3 Å². The maximum atomic E-state index is 11.5. The highest BCUT2D eigenvalue weighted by Gasteiger charge is 2.05. The molecule has 0 heterocycles. The van der Waals surface area contributed by atoms with Crippen molar-refractivity contribution in [2.75, 3.05) is 0 Å². The molecule has 0 saturated heterocycles. The summed E-state index contributed by atoms with van der Waals surface area (Å²) in [4.78, 5) is 11.5. The van der Waals surface area contributed by atoms with E-state index >= 15 is 0 Å². The number of nitrogens with zero attached hydrogens (tertiary/aromatic N) is 1. The molecule has 1 aromatic rings. The fourth-order valence-electron chi connectivity index (χ4n) is 1.37. The number of rotatable bonds is 4. The zero-order valence-electron chi connectivity index (χ0n) is 9.16. The summed E-state index contributed by atoms with van der Waals surface area (Å²) in [5.41, 5.74) is 1.93. The lowest BCUT2D eigenvalue weighted by Gasteiger charge is -2.05. The third-order valence-electron chi connectivity index (χ3n) is 2.36. The summed E-state index contributed by atoms with van der Waals surface area (Å²) in [5, 5.41) is 8.38. The van der Waals surface area contributed by atoms with Crippen LogP contribution in [0.4, 0.5) is 0 Å². The van der Waals surface area contributed by atoms with Gasteiger partial charge in [0.25, 0.3) is 0 Å². The third-order valence-corrected chi connectivity index (χ3v) is 2.36. The monoisotopic (exact) mass is 201 g/mol. The van der Waals surface area contributed by atoms with Gasteiger partial charge in [-0.2, -0.15) is 5.26 Å². The van der Waals surface area contributed by atoms with E-state index in [1.807, 2.05) is 30.3 Å². The molecule has 0 aromatic heterocycles. The molecule has 2 nitrogen and oxygen atoms in total. The predicted octanol–water partition coefficient (Wildman–Crippen LogP) is 3.30. The van der Waals surface area contributed by atoms with Gasteiger partial charge < -0.3 is 0 Å². The van der Waals surface area contributed by atoms with Crippen LogP contribution in [0.25, 0.3) is 0 Å². The van der Waals surface area contributed by atoms with Crippen molar-refractivity contribution in [3.8, 4) is 6.07 Å². The molecule has 1 aromatic carbocycles. The van der Waals surface area contributed by atoms with E-state index in [0.717, 1.165) is 0 Å². The van der Waals surface area contributed by atoms with Gasteiger partial charge in [-0.15, -0.1) is 0 Å². The van der Waals surface area contributed by atoms with Crippen molar-refractivity contribution < 1.29 is 4.79 Å². The second-order valence-corrected chi connectivity index (χ2v) is 3.86. The van der Waals surface area contributed by atoms with E-state index < -0.39 is 0 Å². The lowest BCUT2D eigenvalue weighted by molar-refractivity contribution is 0.0984. The summed E-state index contributed by atoms with van der Waals surface area (Å²) in [6.07, 6.45) is 0.613. The minimum atomic E-state index is 0.0480. The minimum Gasteiger partial charge on any atom is -0.294 e. The molecule has 15 heavy (non-hydrogen) atoms. The summed E-state index contributed by atoms with van der Waals surface area (Å²) in [7, 11) is 0. The smallest absolute Gasteiger partial charge is 0.163 e. The van der Waals surface area contributed by atoms with E-state index in [-0.39, 0.29) is 5.78 Å². The largest absolute Gasteiger partial charge is 0.294 e. The molecule has 0 spiro atoms. The molecule has 0 aliphatic heterocycles. The number of carbonyl (C=O) groups is 1. The molecule has 0 unspecified atom stereocenters. The molecule has 78 valence electrons. The minimum absolute atomic E-state index is 0.0480. The van der Waals surface area contributed by atoms with E-state index in [1.54, 1.807) is 0 Å². The summed E-state index contributed by atoms with van der Waals surface area (Å²) in [5.74, 6) is 0.528. The highest BCUT2D eigenvalue weighted by Crippen LogP contribution is 2.15. The second kappa shape index (κ2) is 5.31. The van der Waals surface area contributed by atoms with E-state index in [0.29, 0.717) is 24.3 Å². The van der Waals surface area contributed by atoms with Crippen molar-refractivity contribution in [1.82, 2.24) is 0 Å². The lowest BCUT2D eigenvalue weighted by atomic mass is 9.99. The van der Waals surface area contributed by atoms with Crippen molar-refractivity contribution in [2.45, 2.75) is 32.6 Å². The average Bonchev–Trinajstić information content (AvgIpc) is 2.26. The number of hydrogen-bond donors (Lipinski definition) is 0. The van der Waals surface area contributed by atoms with Crippen molar-refractivity contribution >= 4 is 5.78 Å². The van der Waals surface area contributed by atoms with Crippen LogP contribution < -0.4 is 0 Å². The zero-order chi connectivity index (χ0) is 11.3. The molecule has 2 heteroatoms. The summed E-state index contributed by atoms with van der Waals surface area (Å²) in [6.45, 7) is 4.24. The SMILES string of the molecule is CC(C)c1ccc(C(=O)CCC#N)cc1. The number of ketones is 1. The molecule has 0 aliphatic carbocycles. The van der Waals surface area contributed by atoms with Crippen LogP contribution in [0, 0.1) is 11.3 Å². The van der Waals surface area contributed by atoms with Crippen molar-refractivity contribution in [3.05, 3.63) is 35.4 Å². The Hall–Kier alpha value is -1.62. The van der Waals surface area contributed by atoms with Crippen molar-refractivity contribution in [2.24, 2.45) is 0 Å². The maximum Gasteiger partial charge on any atom is 0.163 e. The van der Waals surface area contributed by atoms with Gasteiger partial charge >= 0.3 is 0 Å². The summed E-state index contributed by atoms with van der Waals surface area (Å²) < 4.78 is 0. The number of nitriles is 1. The Morgan fingerprint density at radius 3 is 2.40 bits per heavy atom. The Morgan fingerprint density at radius 2 is 1.93 bits per heavy atom. The molecule has 1 rings (SSSR count). The maximum absolute atomic E-state index is 11.5. The van der Waals surface area contributed by atoms with E-state index in [1.165, 1.54) is 5.56 Å². The summed E-state index contributed by atoms with van der Waals surface area (Å²) >= 11 is 0. The first-order chi connectivity index (χ1) is 7.15. The highest BCUT2D eigenvalue weighted by atomic mass is 16.1. The first-order valence-electron chi connectivity index (χ1n) is 5.15. The van der Waals surface area contributed by atoms with Gasteiger partial charge in [0, 0.05) is 18.4 Å². The Kier molecular flexibility index (Phi) is 4.05. The molecule has 0 amide bonds. The predicted molar refractivity (Wildman–Crippen MR) is 59.7 cm³/mol. The molecular formula is C13H15NO. The molecule has 0 saturated carbocycles. The summed E-state index contributed by atoms with van der Waals surface area (Å²) in [6, 6.07) is 9.61. The first-order valence-corrected chi connectivity index (χ1v) is 5.15. The highest BCUT2D eigenvalue weighted by molar-refractivity contribution is 5.96. The standard InChI is InChI=1S/C13H15NO/c1-10(2)11-5-7-12(8-6-11)13(15)4-3-9-14/h5-8,10H,3-4H2,1-2H3. The Labute approximate surface area is 90.5 Å². The fraction of sp³-hybridized carbons (Fsp3) is 0.385. The molecule has 0 bridgehead atoms. The van der Waals surface area contributed by atoms with Crippen LogP contribution in [-0.4, -0.2) is 5.78 Å². The van der Waals surface area contributed by atoms with Crippen LogP contribution in [0.2, 0.25) is 0 Å². The number of Topliss-reactive ketones (excluding diaryl/α,β-unsaturated/α-hetero) is 1. The molecular weight excluding hydrogens is 186 g/mol. The molecule has 0 fully saturated rings. The van der Waals surface area contributed by atoms with E-state index in [2.05, 4.69) is 13.8 Å². The van der Waals surface area contributed by atoms with Crippen LogP contribution in [0.3, 0.4) is 0 Å². The topological polar surface area (TPSA) is 40.9 Å². The lowest BCUT2D eigenvalue weighted by Crippen LogP contribution is -1.98. The van der Waals surface area contributed by atoms with Crippen molar-refractivity contribution in [3.63, 3.8) is 0 Å². The third kappa shape index (κ3) is 3.21. The quantitative estimate of drug-likeness (QED) is 0.701. The van der Waals surface area contributed by atoms with Gasteiger partial charge in [0.2, 0.25) is 0 Å². The molecule has 0 aliphatic rings. The fourth-order valence-corrected chi connectivity index (χ4v) is 1.37. The van der Waals surface area contributed by atoms with Crippen LogP contribution in [0.5, 0.6) is 0 Å². The van der Waals surface area contributed by atoms with Crippen LogP contribution in [-0.2, 0) is 0 Å². The van der Waals surface area contributed by atoms with Gasteiger partial charge in [-0.05, 0) is 11.5 Å². The van der Waals surface area contributed by atoms with Gasteiger partial charge in [-0.25, -0.2) is 0 Å². The van der Waals surface area contributed by atoms with Crippen LogP contribution in [0.1, 0.15) is 48.5 Å². The Bertz CT molecular complexity index is 371. The Morgan fingerprint density at radius 1 is 1.33 bits per heavy atom. The average molecular weight is 201 g/mol. The number of carbonyl (C=O) groups excluding carboxylic acids is 1. The normalized spacial score (nSPS) is 10.0. The van der Waals surface area contributed by atoms with Crippen LogP contribution >= 0.6 is 0 Å². The first kappa shape index (κ1) is 11.5. The zero-order valence-corrected chi connectivity index (χ0v) is 9.16. The van der Waals surface area contributed by atoms with Gasteiger partial charge in [-0.3, -0.25) is 4.79 Å². The Balaban J connectivity index is 2.72. The number of benzene rings is 1. The van der Waals surface area contributed by atoms with Gasteiger partial charge in [0.1, 0.15) is 0 Å². The second-order valence-electron chi connectivity index (χ2n) is 3.86.